The Labute approximate surface area is 105 Å². The van der Waals surface area contributed by atoms with Crippen LogP contribution in [0.2, 0.25) is 5.02 Å². The zero-order valence-electron chi connectivity index (χ0n) is 9.95. The Morgan fingerprint density at radius 1 is 1.53 bits per heavy atom. The number of halogens is 1. The lowest BCUT2D eigenvalue weighted by molar-refractivity contribution is -0.384. The third-order valence-electron chi connectivity index (χ3n) is 2.19. The Bertz CT molecular complexity index is 441. The normalized spacial score (nSPS) is 11.4. The highest BCUT2D eigenvalue weighted by Crippen LogP contribution is 2.31. The van der Waals surface area contributed by atoms with Gasteiger partial charge in [-0.2, -0.15) is 0 Å². The third kappa shape index (κ3) is 3.87. The predicted octanol–water partition coefficient (Wildman–Crippen LogP) is 2.74. The maximum Gasteiger partial charge on any atom is 0.293 e. The lowest BCUT2D eigenvalue weighted by Gasteiger charge is -2.18. The summed E-state index contributed by atoms with van der Waals surface area (Å²) < 4.78 is 0. The van der Waals surface area contributed by atoms with Crippen molar-refractivity contribution in [2.24, 2.45) is 0 Å². The summed E-state index contributed by atoms with van der Waals surface area (Å²) in [5.41, 5.74) is 0.0703. The van der Waals surface area contributed by atoms with Gasteiger partial charge in [0.05, 0.1) is 15.5 Å². The average Bonchev–Trinajstić information content (AvgIpc) is 2.17. The van der Waals surface area contributed by atoms with Gasteiger partial charge in [-0.3, -0.25) is 10.1 Å². The zero-order chi connectivity index (χ0) is 13.2. The van der Waals surface area contributed by atoms with Gasteiger partial charge in [-0.1, -0.05) is 11.6 Å². The highest BCUT2D eigenvalue weighted by molar-refractivity contribution is 6.31. The second kappa shape index (κ2) is 4.89. The van der Waals surface area contributed by atoms with Gasteiger partial charge in [0.25, 0.3) is 5.69 Å². The smallest absolute Gasteiger partial charge is 0.293 e. The highest BCUT2D eigenvalue weighted by atomic mass is 35.5. The number of anilines is 1. The second-order valence-electron chi connectivity index (χ2n) is 4.54. The molecule has 0 saturated heterocycles. The predicted molar refractivity (Wildman–Crippen MR) is 67.6 cm³/mol. The Balaban J connectivity index is 3.05. The number of hydrogen-bond donors (Lipinski definition) is 2. The van der Waals surface area contributed by atoms with Crippen molar-refractivity contribution < 1.29 is 10.0 Å². The number of benzene rings is 1. The van der Waals surface area contributed by atoms with Crippen molar-refractivity contribution in [3.8, 4) is 0 Å². The van der Waals surface area contributed by atoms with Gasteiger partial charge in [0.1, 0.15) is 5.69 Å². The summed E-state index contributed by atoms with van der Waals surface area (Å²) in [6, 6.07) is 2.91. The molecule has 0 amide bonds. The van der Waals surface area contributed by atoms with Gasteiger partial charge in [-0.25, -0.2) is 0 Å². The minimum atomic E-state index is -0.943. The van der Waals surface area contributed by atoms with Gasteiger partial charge in [-0.05, 0) is 32.4 Å². The number of nitro benzene ring substituents is 1. The Kier molecular flexibility index (Phi) is 3.95. The van der Waals surface area contributed by atoms with E-state index in [1.54, 1.807) is 26.8 Å². The quantitative estimate of drug-likeness (QED) is 0.643. The van der Waals surface area contributed by atoms with Crippen molar-refractivity contribution in [3.63, 3.8) is 0 Å². The first kappa shape index (κ1) is 13.7. The Morgan fingerprint density at radius 2 is 2.12 bits per heavy atom. The molecule has 0 aliphatic heterocycles. The number of aryl methyl sites for hydroxylation is 1. The van der Waals surface area contributed by atoms with Crippen molar-refractivity contribution in [1.29, 1.82) is 0 Å². The molecule has 0 fully saturated rings. The van der Waals surface area contributed by atoms with Gasteiger partial charge >= 0.3 is 0 Å². The minimum Gasteiger partial charge on any atom is -0.389 e. The SMILES string of the molecule is Cc1cc(NCC(C)(C)O)c([N+](=O)[O-])cc1Cl. The Hall–Kier alpha value is -1.33. The molecular formula is C11H15ClN2O3. The molecule has 0 atom stereocenters. The molecule has 1 rings (SSSR count). The van der Waals surface area contributed by atoms with Crippen LogP contribution >= 0.6 is 11.6 Å². The molecule has 0 aliphatic rings. The third-order valence-corrected chi connectivity index (χ3v) is 2.59. The molecule has 0 unspecified atom stereocenters. The van der Waals surface area contributed by atoms with Crippen LogP contribution in [0.25, 0.3) is 0 Å². The van der Waals surface area contributed by atoms with Crippen molar-refractivity contribution in [2.45, 2.75) is 26.4 Å². The van der Waals surface area contributed by atoms with Crippen LogP contribution in [0.4, 0.5) is 11.4 Å². The number of rotatable bonds is 4. The summed E-state index contributed by atoms with van der Waals surface area (Å²) in [4.78, 5) is 10.4. The van der Waals surface area contributed by atoms with E-state index in [4.69, 9.17) is 11.6 Å². The van der Waals surface area contributed by atoms with Gasteiger partial charge in [-0.15, -0.1) is 0 Å². The number of hydrogen-bond acceptors (Lipinski definition) is 4. The van der Waals surface area contributed by atoms with Crippen LogP contribution in [-0.2, 0) is 0 Å². The summed E-state index contributed by atoms with van der Waals surface area (Å²) in [6.07, 6.45) is 0. The average molecular weight is 259 g/mol. The molecule has 1 aromatic carbocycles. The summed E-state index contributed by atoms with van der Waals surface area (Å²) in [6.45, 7) is 5.22. The van der Waals surface area contributed by atoms with Crippen LogP contribution in [0, 0.1) is 17.0 Å². The van der Waals surface area contributed by atoms with E-state index >= 15 is 0 Å². The lowest BCUT2D eigenvalue weighted by atomic mass is 10.1. The van der Waals surface area contributed by atoms with Crippen molar-refractivity contribution in [2.75, 3.05) is 11.9 Å². The zero-order valence-corrected chi connectivity index (χ0v) is 10.7. The summed E-state index contributed by atoms with van der Waals surface area (Å²) >= 11 is 5.84. The van der Waals surface area contributed by atoms with Crippen LogP contribution in [0.15, 0.2) is 12.1 Å². The first-order valence-electron chi connectivity index (χ1n) is 5.11. The number of nitrogens with one attached hydrogen (secondary N) is 1. The fourth-order valence-corrected chi connectivity index (χ4v) is 1.43. The Morgan fingerprint density at radius 3 is 2.59 bits per heavy atom. The minimum absolute atomic E-state index is 0.0927. The van der Waals surface area contributed by atoms with E-state index in [1.807, 2.05) is 0 Å². The van der Waals surface area contributed by atoms with E-state index in [-0.39, 0.29) is 12.2 Å². The van der Waals surface area contributed by atoms with Gasteiger partial charge in [0.2, 0.25) is 0 Å². The van der Waals surface area contributed by atoms with Crippen LogP contribution in [0.1, 0.15) is 19.4 Å². The molecule has 0 aromatic heterocycles. The molecule has 2 N–H and O–H groups in total. The molecule has 1 aromatic rings. The van der Waals surface area contributed by atoms with Crippen LogP contribution in [-0.4, -0.2) is 22.2 Å². The standard InChI is InChI=1S/C11H15ClN2O3/c1-7-4-9(13-6-11(2,3)15)10(14(16)17)5-8(7)12/h4-5,13,15H,6H2,1-3H3. The first-order chi connectivity index (χ1) is 7.70. The molecule has 0 aliphatic carbocycles. The van der Waals surface area contributed by atoms with Crippen molar-refractivity contribution >= 4 is 23.0 Å². The highest BCUT2D eigenvalue weighted by Gasteiger charge is 2.19. The van der Waals surface area contributed by atoms with Gasteiger partial charge < -0.3 is 10.4 Å². The lowest BCUT2D eigenvalue weighted by Crippen LogP contribution is -2.29. The number of aliphatic hydroxyl groups is 1. The molecule has 5 nitrogen and oxygen atoms in total. The second-order valence-corrected chi connectivity index (χ2v) is 4.95. The molecule has 17 heavy (non-hydrogen) atoms. The largest absolute Gasteiger partial charge is 0.389 e. The summed E-state index contributed by atoms with van der Waals surface area (Å²) in [5.74, 6) is 0. The van der Waals surface area contributed by atoms with Crippen LogP contribution in [0.5, 0.6) is 0 Å². The van der Waals surface area contributed by atoms with Gasteiger partial charge in [0.15, 0.2) is 0 Å². The van der Waals surface area contributed by atoms with E-state index < -0.39 is 10.5 Å². The van der Waals surface area contributed by atoms with E-state index in [1.165, 1.54) is 6.07 Å². The maximum atomic E-state index is 10.9. The summed E-state index contributed by atoms with van der Waals surface area (Å²) in [7, 11) is 0. The van der Waals surface area contributed by atoms with E-state index in [9.17, 15) is 15.2 Å². The van der Waals surface area contributed by atoms with Gasteiger partial charge in [0, 0.05) is 12.6 Å². The van der Waals surface area contributed by atoms with Crippen molar-refractivity contribution in [3.05, 3.63) is 32.8 Å². The summed E-state index contributed by atoms with van der Waals surface area (Å²) in [5, 5.41) is 23.6. The van der Waals surface area contributed by atoms with Crippen molar-refractivity contribution in [1.82, 2.24) is 0 Å². The molecule has 0 heterocycles. The first-order valence-corrected chi connectivity index (χ1v) is 5.49. The van der Waals surface area contributed by atoms with Crippen LogP contribution in [0.3, 0.4) is 0 Å². The fraction of sp³-hybridized carbons (Fsp3) is 0.455. The molecular weight excluding hydrogens is 244 g/mol. The molecule has 0 bridgehead atoms. The van der Waals surface area contributed by atoms with Crippen LogP contribution < -0.4 is 5.32 Å². The number of nitrogens with zero attached hydrogens (tertiary/aromatic N) is 1. The molecule has 0 saturated carbocycles. The maximum absolute atomic E-state index is 10.9. The van der Waals surface area contributed by atoms with E-state index in [0.717, 1.165) is 5.56 Å². The molecule has 0 radical (unpaired) electrons. The number of nitro groups is 1. The molecule has 0 spiro atoms. The van der Waals surface area contributed by atoms with E-state index in [0.29, 0.717) is 10.7 Å². The monoisotopic (exact) mass is 258 g/mol. The molecule has 6 heteroatoms. The van der Waals surface area contributed by atoms with E-state index in [2.05, 4.69) is 5.32 Å². The fourth-order valence-electron chi connectivity index (χ4n) is 1.28. The topological polar surface area (TPSA) is 75.4 Å². The molecule has 94 valence electrons.